The second-order valence-electron chi connectivity index (χ2n) is 6.52. The van der Waals surface area contributed by atoms with E-state index in [1.165, 1.54) is 27.6 Å². The second kappa shape index (κ2) is 5.91. The Bertz CT molecular complexity index is 1030. The first-order valence-electron chi connectivity index (χ1n) is 8.77. The van der Waals surface area contributed by atoms with Crippen molar-refractivity contribution in [3.05, 3.63) is 95.6 Å². The predicted molar refractivity (Wildman–Crippen MR) is 102 cm³/mol. The minimum Gasteiger partial charge on any atom is -0.368 e. The van der Waals surface area contributed by atoms with Gasteiger partial charge in [0.2, 0.25) is 0 Å². The SMILES string of the molecule is c1ccc(-c2[nH]c3ccccc3c2C2OCCc3ccccc32)cc1. The summed E-state index contributed by atoms with van der Waals surface area (Å²) in [6, 6.07) is 27.7. The van der Waals surface area contributed by atoms with Gasteiger partial charge in [0, 0.05) is 16.5 Å². The number of nitrogens with one attached hydrogen (secondary N) is 1. The fourth-order valence-corrected chi connectivity index (χ4v) is 3.90. The lowest BCUT2D eigenvalue weighted by Crippen LogP contribution is -2.17. The summed E-state index contributed by atoms with van der Waals surface area (Å²) in [5.41, 5.74) is 7.43. The molecule has 1 unspecified atom stereocenters. The minimum absolute atomic E-state index is 0.0312. The van der Waals surface area contributed by atoms with E-state index in [0.29, 0.717) is 0 Å². The first kappa shape index (κ1) is 14.5. The predicted octanol–water partition coefficient (Wildman–Crippen LogP) is 5.50. The van der Waals surface area contributed by atoms with E-state index in [2.05, 4.69) is 83.8 Å². The lowest BCUT2D eigenvalue weighted by molar-refractivity contribution is 0.0711. The lowest BCUT2D eigenvalue weighted by atomic mass is 9.90. The van der Waals surface area contributed by atoms with Crippen LogP contribution in [0, 0.1) is 0 Å². The Balaban J connectivity index is 1.79. The molecule has 0 radical (unpaired) electrons. The molecule has 0 amide bonds. The van der Waals surface area contributed by atoms with Gasteiger partial charge in [-0.25, -0.2) is 0 Å². The highest BCUT2D eigenvalue weighted by molar-refractivity contribution is 5.91. The van der Waals surface area contributed by atoms with Crippen LogP contribution in [0.25, 0.3) is 22.2 Å². The maximum absolute atomic E-state index is 6.30. The van der Waals surface area contributed by atoms with Gasteiger partial charge in [-0.15, -0.1) is 0 Å². The van der Waals surface area contributed by atoms with Gasteiger partial charge in [0.1, 0.15) is 6.10 Å². The zero-order valence-electron chi connectivity index (χ0n) is 13.9. The molecular weight excluding hydrogens is 306 g/mol. The van der Waals surface area contributed by atoms with E-state index >= 15 is 0 Å². The first-order chi connectivity index (χ1) is 12.4. The number of benzene rings is 3. The lowest BCUT2D eigenvalue weighted by Gasteiger charge is -2.27. The summed E-state index contributed by atoms with van der Waals surface area (Å²) in [4.78, 5) is 3.63. The Morgan fingerprint density at radius 3 is 2.48 bits per heavy atom. The number of hydrogen-bond acceptors (Lipinski definition) is 1. The molecule has 2 heterocycles. The highest BCUT2D eigenvalue weighted by atomic mass is 16.5. The third-order valence-electron chi connectivity index (χ3n) is 5.06. The van der Waals surface area contributed by atoms with Gasteiger partial charge in [-0.1, -0.05) is 72.8 Å². The monoisotopic (exact) mass is 325 g/mol. The van der Waals surface area contributed by atoms with Gasteiger partial charge in [0.05, 0.1) is 12.3 Å². The third kappa shape index (κ3) is 2.38. The molecule has 1 aromatic heterocycles. The average molecular weight is 325 g/mol. The van der Waals surface area contributed by atoms with E-state index in [9.17, 15) is 0 Å². The van der Waals surface area contributed by atoms with Crippen LogP contribution in [0.2, 0.25) is 0 Å². The van der Waals surface area contributed by atoms with E-state index in [1.807, 2.05) is 0 Å². The third-order valence-corrected chi connectivity index (χ3v) is 5.06. The summed E-state index contributed by atoms with van der Waals surface area (Å²) in [6.07, 6.45) is 0.951. The zero-order chi connectivity index (χ0) is 16.6. The van der Waals surface area contributed by atoms with Crippen LogP contribution in [-0.4, -0.2) is 11.6 Å². The Hall–Kier alpha value is -2.84. The number of aromatic nitrogens is 1. The van der Waals surface area contributed by atoms with Crippen molar-refractivity contribution < 1.29 is 4.74 Å². The molecule has 1 aliphatic rings. The molecule has 2 heteroatoms. The van der Waals surface area contributed by atoms with E-state index in [4.69, 9.17) is 4.74 Å². The second-order valence-corrected chi connectivity index (χ2v) is 6.52. The van der Waals surface area contributed by atoms with Crippen molar-refractivity contribution in [3.8, 4) is 11.3 Å². The molecule has 0 aliphatic carbocycles. The molecule has 0 fully saturated rings. The van der Waals surface area contributed by atoms with Gasteiger partial charge in [0.15, 0.2) is 0 Å². The summed E-state index contributed by atoms with van der Waals surface area (Å²) in [5.74, 6) is 0. The number of aromatic amines is 1. The summed E-state index contributed by atoms with van der Waals surface area (Å²) >= 11 is 0. The summed E-state index contributed by atoms with van der Waals surface area (Å²) < 4.78 is 6.30. The number of rotatable bonds is 2. The molecule has 1 aliphatic heterocycles. The standard InChI is InChI=1S/C23H19NO/c1-2-9-17(10-3-1)22-21(19-12-6-7-13-20(19)24-22)23-18-11-5-4-8-16(18)14-15-25-23/h1-13,23-24H,14-15H2. The van der Waals surface area contributed by atoms with Gasteiger partial charge >= 0.3 is 0 Å². The summed E-state index contributed by atoms with van der Waals surface area (Å²) in [6.45, 7) is 0.759. The van der Waals surface area contributed by atoms with Crippen LogP contribution in [0.15, 0.2) is 78.9 Å². The average Bonchev–Trinajstić information content (AvgIpc) is 3.08. The largest absolute Gasteiger partial charge is 0.368 e. The maximum Gasteiger partial charge on any atom is 0.110 e. The van der Waals surface area contributed by atoms with Crippen LogP contribution in [0.5, 0.6) is 0 Å². The molecule has 4 aromatic rings. The molecule has 0 bridgehead atoms. The molecule has 122 valence electrons. The number of H-pyrrole nitrogens is 1. The molecule has 1 N–H and O–H groups in total. The van der Waals surface area contributed by atoms with Crippen molar-refractivity contribution in [3.63, 3.8) is 0 Å². The summed E-state index contributed by atoms with van der Waals surface area (Å²) in [5, 5.41) is 1.24. The van der Waals surface area contributed by atoms with E-state index in [1.54, 1.807) is 0 Å². The molecule has 1 atom stereocenters. The number of para-hydroxylation sites is 1. The van der Waals surface area contributed by atoms with Gasteiger partial charge in [-0.05, 0) is 29.2 Å². The maximum atomic E-state index is 6.30. The number of fused-ring (bicyclic) bond motifs is 2. The van der Waals surface area contributed by atoms with Crippen LogP contribution in [0.4, 0.5) is 0 Å². The molecule has 0 spiro atoms. The quantitative estimate of drug-likeness (QED) is 0.517. The van der Waals surface area contributed by atoms with Crippen molar-refractivity contribution in [2.24, 2.45) is 0 Å². The van der Waals surface area contributed by atoms with Crippen LogP contribution in [0.1, 0.15) is 22.8 Å². The van der Waals surface area contributed by atoms with Crippen LogP contribution in [-0.2, 0) is 11.2 Å². The Labute approximate surface area is 147 Å². The highest BCUT2D eigenvalue weighted by Gasteiger charge is 2.28. The molecule has 0 saturated carbocycles. The van der Waals surface area contributed by atoms with Crippen LogP contribution in [0.3, 0.4) is 0 Å². The van der Waals surface area contributed by atoms with Crippen molar-refractivity contribution in [1.82, 2.24) is 4.98 Å². The molecule has 5 rings (SSSR count). The van der Waals surface area contributed by atoms with E-state index < -0.39 is 0 Å². The van der Waals surface area contributed by atoms with Gasteiger partial charge in [-0.2, -0.15) is 0 Å². The van der Waals surface area contributed by atoms with Crippen molar-refractivity contribution in [2.45, 2.75) is 12.5 Å². The van der Waals surface area contributed by atoms with Crippen LogP contribution < -0.4 is 0 Å². The van der Waals surface area contributed by atoms with Crippen LogP contribution >= 0.6 is 0 Å². The fourth-order valence-electron chi connectivity index (χ4n) is 3.90. The Morgan fingerprint density at radius 1 is 0.800 bits per heavy atom. The molecule has 0 saturated heterocycles. The van der Waals surface area contributed by atoms with E-state index in [0.717, 1.165) is 24.2 Å². The fraction of sp³-hybridized carbons (Fsp3) is 0.130. The first-order valence-corrected chi connectivity index (χ1v) is 8.77. The summed E-state index contributed by atoms with van der Waals surface area (Å²) in [7, 11) is 0. The highest BCUT2D eigenvalue weighted by Crippen LogP contribution is 2.41. The molecule has 25 heavy (non-hydrogen) atoms. The Kier molecular flexibility index (Phi) is 3.43. The Morgan fingerprint density at radius 2 is 1.56 bits per heavy atom. The van der Waals surface area contributed by atoms with Gasteiger partial charge in [0.25, 0.3) is 0 Å². The van der Waals surface area contributed by atoms with E-state index in [-0.39, 0.29) is 6.10 Å². The zero-order valence-corrected chi connectivity index (χ0v) is 13.9. The number of hydrogen-bond donors (Lipinski definition) is 1. The minimum atomic E-state index is -0.0312. The molecular formula is C23H19NO. The number of ether oxygens (including phenoxy) is 1. The normalized spacial score (nSPS) is 16.7. The van der Waals surface area contributed by atoms with Crippen molar-refractivity contribution in [1.29, 1.82) is 0 Å². The van der Waals surface area contributed by atoms with Gasteiger partial charge in [-0.3, -0.25) is 0 Å². The smallest absolute Gasteiger partial charge is 0.110 e. The molecule has 2 nitrogen and oxygen atoms in total. The van der Waals surface area contributed by atoms with Crippen molar-refractivity contribution >= 4 is 10.9 Å². The van der Waals surface area contributed by atoms with Crippen molar-refractivity contribution in [2.75, 3.05) is 6.61 Å². The topological polar surface area (TPSA) is 25.0 Å². The van der Waals surface area contributed by atoms with Gasteiger partial charge < -0.3 is 9.72 Å². The molecule has 3 aromatic carbocycles.